The summed E-state index contributed by atoms with van der Waals surface area (Å²) < 4.78 is 18.3. The van der Waals surface area contributed by atoms with Crippen molar-refractivity contribution in [2.45, 2.75) is 6.42 Å². The highest BCUT2D eigenvalue weighted by Gasteiger charge is 2.29. The van der Waals surface area contributed by atoms with Gasteiger partial charge in [-0.1, -0.05) is 6.07 Å². The zero-order valence-electron chi connectivity index (χ0n) is 12.7. The number of benzene rings is 1. The summed E-state index contributed by atoms with van der Waals surface area (Å²) in [5.41, 5.74) is 6.51. The van der Waals surface area contributed by atoms with Gasteiger partial charge in [0.15, 0.2) is 6.35 Å². The molecule has 0 saturated carbocycles. The van der Waals surface area contributed by atoms with E-state index in [1.807, 2.05) is 19.3 Å². The average Bonchev–Trinajstić information content (AvgIpc) is 3.19. The Labute approximate surface area is 141 Å². The van der Waals surface area contributed by atoms with Crippen LogP contribution >= 0.6 is 18.9 Å². The maximum Gasteiger partial charge on any atom is 0.362 e. The number of fused-ring (bicyclic) bond motifs is 3. The van der Waals surface area contributed by atoms with Crippen molar-refractivity contribution in [1.29, 1.82) is 0 Å². The summed E-state index contributed by atoms with van der Waals surface area (Å²) in [5, 5.41) is 4.22. The molecule has 7 nitrogen and oxygen atoms in total. The molecule has 4 rings (SSSR count). The molecule has 3 aromatic rings. The lowest BCUT2D eigenvalue weighted by Gasteiger charge is -2.14. The average molecular weight is 363 g/mol. The summed E-state index contributed by atoms with van der Waals surface area (Å²) in [7, 11) is -2.39. The molecule has 2 N–H and O–H groups in total. The molecule has 124 valence electrons. The number of aryl methyl sites for hydroxylation is 1. The van der Waals surface area contributed by atoms with Crippen molar-refractivity contribution in [3.8, 4) is 28.1 Å². The van der Waals surface area contributed by atoms with E-state index in [1.165, 1.54) is 0 Å². The van der Waals surface area contributed by atoms with Gasteiger partial charge >= 0.3 is 7.60 Å². The molecule has 0 spiro atoms. The SMILES string of the molecule is Cn1cc(-c2ccc(OCP(=O)(O)O)c3c2Cc2scnc2-3)cn1. The molecule has 0 amide bonds. The molecule has 1 aromatic carbocycles. The molecule has 24 heavy (non-hydrogen) atoms. The fourth-order valence-electron chi connectivity index (χ4n) is 2.93. The number of ether oxygens (including phenoxy) is 1. The molecular weight excluding hydrogens is 349 g/mol. The minimum Gasteiger partial charge on any atom is -0.480 e. The lowest BCUT2D eigenvalue weighted by atomic mass is 9.97. The van der Waals surface area contributed by atoms with Crippen molar-refractivity contribution >= 4 is 18.9 Å². The normalized spacial score (nSPS) is 13.0. The van der Waals surface area contributed by atoms with Crippen molar-refractivity contribution in [3.63, 3.8) is 0 Å². The van der Waals surface area contributed by atoms with Crippen LogP contribution in [0.2, 0.25) is 0 Å². The van der Waals surface area contributed by atoms with Crippen LogP contribution in [-0.4, -0.2) is 30.9 Å². The number of thiazole rings is 1. The number of nitrogens with zero attached hydrogens (tertiary/aromatic N) is 3. The van der Waals surface area contributed by atoms with Crippen molar-refractivity contribution in [3.05, 3.63) is 40.5 Å². The first kappa shape index (κ1) is 15.5. The monoisotopic (exact) mass is 363 g/mol. The zero-order chi connectivity index (χ0) is 16.9. The Hall–Kier alpha value is -1.99. The Bertz CT molecular complexity index is 975. The van der Waals surface area contributed by atoms with Gasteiger partial charge < -0.3 is 14.5 Å². The van der Waals surface area contributed by atoms with Gasteiger partial charge in [0.25, 0.3) is 0 Å². The van der Waals surface area contributed by atoms with E-state index in [9.17, 15) is 4.57 Å². The van der Waals surface area contributed by atoms with Crippen LogP contribution in [0.5, 0.6) is 5.75 Å². The summed E-state index contributed by atoms with van der Waals surface area (Å²) in [6, 6.07) is 3.65. The molecule has 1 aliphatic rings. The van der Waals surface area contributed by atoms with Gasteiger partial charge in [0.2, 0.25) is 0 Å². The summed E-state index contributed by atoms with van der Waals surface area (Å²) >= 11 is 1.57. The van der Waals surface area contributed by atoms with E-state index in [0.29, 0.717) is 5.75 Å². The second-order valence-electron chi connectivity index (χ2n) is 5.61. The topological polar surface area (TPSA) is 97.5 Å². The molecule has 0 radical (unpaired) electrons. The van der Waals surface area contributed by atoms with E-state index in [0.717, 1.165) is 39.2 Å². The maximum absolute atomic E-state index is 11.1. The van der Waals surface area contributed by atoms with E-state index in [-0.39, 0.29) is 0 Å². The Morgan fingerprint density at radius 1 is 1.42 bits per heavy atom. The van der Waals surface area contributed by atoms with Crippen LogP contribution in [0.3, 0.4) is 0 Å². The number of aromatic nitrogens is 3. The van der Waals surface area contributed by atoms with E-state index in [2.05, 4.69) is 10.1 Å². The lowest BCUT2D eigenvalue weighted by Crippen LogP contribution is -2.00. The quantitative estimate of drug-likeness (QED) is 0.541. The van der Waals surface area contributed by atoms with E-state index in [1.54, 1.807) is 33.8 Å². The molecule has 0 aliphatic heterocycles. The Balaban J connectivity index is 1.84. The van der Waals surface area contributed by atoms with Crippen LogP contribution < -0.4 is 4.74 Å². The molecule has 0 unspecified atom stereocenters. The Kier molecular flexibility index (Phi) is 3.58. The first-order chi connectivity index (χ1) is 11.4. The van der Waals surface area contributed by atoms with Crippen molar-refractivity contribution in [1.82, 2.24) is 14.8 Å². The summed E-state index contributed by atoms with van der Waals surface area (Å²) in [5.74, 6) is 0.450. The zero-order valence-corrected chi connectivity index (χ0v) is 14.4. The predicted octanol–water partition coefficient (Wildman–Crippen LogP) is 2.63. The third kappa shape index (κ3) is 2.67. The van der Waals surface area contributed by atoms with Crippen LogP contribution in [0.15, 0.2) is 30.0 Å². The van der Waals surface area contributed by atoms with Gasteiger partial charge in [-0.05, 0) is 17.2 Å². The summed E-state index contributed by atoms with van der Waals surface area (Å²) in [6.45, 7) is 0. The molecule has 2 heterocycles. The maximum atomic E-state index is 11.1. The highest BCUT2D eigenvalue weighted by atomic mass is 32.1. The second kappa shape index (κ2) is 5.53. The van der Waals surface area contributed by atoms with Crippen molar-refractivity contribution < 1.29 is 19.1 Å². The molecule has 0 bridgehead atoms. The van der Waals surface area contributed by atoms with Gasteiger partial charge in [0.05, 0.1) is 17.4 Å². The number of hydrogen-bond donors (Lipinski definition) is 2. The van der Waals surface area contributed by atoms with Gasteiger partial charge in [-0.2, -0.15) is 5.10 Å². The predicted molar refractivity (Wildman–Crippen MR) is 90.1 cm³/mol. The van der Waals surface area contributed by atoms with Crippen molar-refractivity contribution in [2.75, 3.05) is 6.35 Å². The van der Waals surface area contributed by atoms with Gasteiger partial charge in [-0.15, -0.1) is 11.3 Å². The van der Waals surface area contributed by atoms with Gasteiger partial charge in [-0.25, -0.2) is 4.98 Å². The van der Waals surface area contributed by atoms with Crippen LogP contribution in [0.1, 0.15) is 10.4 Å². The smallest absolute Gasteiger partial charge is 0.362 e. The lowest BCUT2D eigenvalue weighted by molar-refractivity contribution is 0.301. The number of rotatable bonds is 4. The molecule has 9 heteroatoms. The first-order valence-electron chi connectivity index (χ1n) is 7.17. The first-order valence-corrected chi connectivity index (χ1v) is 9.85. The molecule has 1 aliphatic carbocycles. The van der Waals surface area contributed by atoms with Crippen LogP contribution in [0, 0.1) is 0 Å². The third-order valence-corrected chi connectivity index (χ3v) is 5.19. The van der Waals surface area contributed by atoms with Crippen LogP contribution in [-0.2, 0) is 18.0 Å². The fourth-order valence-corrected chi connectivity index (χ4v) is 4.02. The highest BCUT2D eigenvalue weighted by molar-refractivity contribution is 7.51. The van der Waals surface area contributed by atoms with Crippen LogP contribution in [0.25, 0.3) is 22.4 Å². The van der Waals surface area contributed by atoms with Gasteiger partial charge in [0, 0.05) is 35.7 Å². The van der Waals surface area contributed by atoms with Gasteiger partial charge in [0.1, 0.15) is 5.75 Å². The highest BCUT2D eigenvalue weighted by Crippen LogP contribution is 2.48. The van der Waals surface area contributed by atoms with E-state index < -0.39 is 13.9 Å². The molecular formula is C15H14N3O4PS. The fraction of sp³-hybridized carbons (Fsp3) is 0.200. The molecule has 0 saturated heterocycles. The second-order valence-corrected chi connectivity index (χ2v) is 8.13. The summed E-state index contributed by atoms with van der Waals surface area (Å²) in [6.07, 6.45) is 3.81. The Morgan fingerprint density at radius 2 is 2.25 bits per heavy atom. The third-order valence-electron chi connectivity index (χ3n) is 3.89. The van der Waals surface area contributed by atoms with Gasteiger partial charge in [-0.3, -0.25) is 9.25 Å². The van der Waals surface area contributed by atoms with E-state index in [4.69, 9.17) is 14.5 Å². The molecule has 2 aromatic heterocycles. The summed E-state index contributed by atoms with van der Waals surface area (Å²) in [4.78, 5) is 23.7. The minimum absolute atomic E-state index is 0.450. The Morgan fingerprint density at radius 3 is 2.96 bits per heavy atom. The minimum atomic E-state index is -4.25. The molecule has 0 atom stereocenters. The molecule has 0 fully saturated rings. The van der Waals surface area contributed by atoms with Crippen LogP contribution in [0.4, 0.5) is 0 Å². The standard InChI is InChI=1S/C15H14N3O4PS/c1-18-6-9(5-17-18)10-2-3-12(22-8-23(19,20)21)14-11(10)4-13-15(14)16-7-24-13/h2-3,5-7H,4,8H2,1H3,(H2,19,20,21). The number of hydrogen-bond acceptors (Lipinski definition) is 5. The largest absolute Gasteiger partial charge is 0.480 e. The van der Waals surface area contributed by atoms with Crippen molar-refractivity contribution in [2.24, 2.45) is 7.05 Å². The van der Waals surface area contributed by atoms with E-state index >= 15 is 0 Å².